The molecule has 0 radical (unpaired) electrons. The average Bonchev–Trinajstić information content (AvgIpc) is 3.46. The van der Waals surface area contributed by atoms with Gasteiger partial charge in [0.05, 0.1) is 35.0 Å². The number of carbonyl (C=O) groups excluding carboxylic acids is 2. The molecule has 6 rings (SSSR count). The van der Waals surface area contributed by atoms with E-state index in [4.69, 9.17) is 21.1 Å². The number of morpholine rings is 1. The molecule has 3 aromatic carbocycles. The molecule has 1 fully saturated rings. The van der Waals surface area contributed by atoms with E-state index in [1.54, 1.807) is 42.5 Å². The van der Waals surface area contributed by atoms with Crippen molar-refractivity contribution < 1.29 is 28.6 Å². The molecule has 2 aliphatic heterocycles. The number of benzene rings is 3. The van der Waals surface area contributed by atoms with E-state index in [0.29, 0.717) is 36.4 Å². The number of ether oxygens (including phenoxy) is 2. The molecule has 1 saturated heterocycles. The first kappa shape index (κ1) is 26.2. The summed E-state index contributed by atoms with van der Waals surface area (Å²) in [4.78, 5) is 36.3. The van der Waals surface area contributed by atoms with Gasteiger partial charge >= 0.3 is 6.09 Å². The summed E-state index contributed by atoms with van der Waals surface area (Å²) in [5.41, 5.74) is -0.447. The van der Waals surface area contributed by atoms with Gasteiger partial charge in [0.25, 0.3) is 5.91 Å². The fourth-order valence-corrected chi connectivity index (χ4v) is 5.28. The molecule has 10 nitrogen and oxygen atoms in total. The lowest BCUT2D eigenvalue weighted by atomic mass is 9.93. The van der Waals surface area contributed by atoms with Crippen LogP contribution < -0.4 is 10.2 Å². The van der Waals surface area contributed by atoms with Gasteiger partial charge in [0.15, 0.2) is 11.5 Å². The molecule has 1 atom stereocenters. The van der Waals surface area contributed by atoms with Gasteiger partial charge in [0.2, 0.25) is 5.95 Å². The number of imidazole rings is 1. The van der Waals surface area contributed by atoms with Crippen LogP contribution in [-0.4, -0.2) is 71.4 Å². The SMILES string of the molecule is O=C(Nc1nc2ccc(C3(O)c4ccccc4C(=O)N3c3cccc(Cl)c3F)cc2[nH]1)OCCN1CCOCC1. The summed E-state index contributed by atoms with van der Waals surface area (Å²) in [6, 6.07) is 15.6. The third-order valence-corrected chi connectivity index (χ3v) is 7.37. The number of hydrogen-bond acceptors (Lipinski definition) is 7. The highest BCUT2D eigenvalue weighted by molar-refractivity contribution is 6.31. The number of anilines is 2. The van der Waals surface area contributed by atoms with Crippen LogP contribution >= 0.6 is 11.6 Å². The summed E-state index contributed by atoms with van der Waals surface area (Å²) in [6.45, 7) is 3.72. The molecule has 1 aromatic heterocycles. The van der Waals surface area contributed by atoms with Crippen LogP contribution in [0, 0.1) is 5.82 Å². The molecule has 12 heteroatoms. The first-order valence-corrected chi connectivity index (χ1v) is 13.1. The highest BCUT2D eigenvalue weighted by Crippen LogP contribution is 2.46. The first-order valence-electron chi connectivity index (χ1n) is 12.7. The largest absolute Gasteiger partial charge is 0.448 e. The fourth-order valence-electron chi connectivity index (χ4n) is 5.11. The molecule has 4 aromatic rings. The number of halogens is 2. The third-order valence-electron chi connectivity index (χ3n) is 7.08. The van der Waals surface area contributed by atoms with Gasteiger partial charge in [0, 0.05) is 36.3 Å². The Bertz CT molecular complexity index is 1610. The smallest absolute Gasteiger partial charge is 0.414 e. The Morgan fingerprint density at radius 3 is 2.80 bits per heavy atom. The Kier molecular flexibility index (Phi) is 6.88. The predicted octanol–water partition coefficient (Wildman–Crippen LogP) is 4.09. The van der Waals surface area contributed by atoms with Crippen LogP contribution in [0.5, 0.6) is 0 Å². The van der Waals surface area contributed by atoms with Crippen molar-refractivity contribution in [1.82, 2.24) is 14.9 Å². The van der Waals surface area contributed by atoms with Gasteiger partial charge < -0.3 is 19.6 Å². The number of fused-ring (bicyclic) bond motifs is 2. The lowest BCUT2D eigenvalue weighted by Gasteiger charge is -2.35. The number of H-pyrrole nitrogens is 1. The van der Waals surface area contributed by atoms with Crippen LogP contribution in [-0.2, 0) is 15.2 Å². The van der Waals surface area contributed by atoms with Crippen molar-refractivity contribution in [3.8, 4) is 0 Å². The van der Waals surface area contributed by atoms with E-state index in [-0.39, 0.29) is 34.4 Å². The number of nitrogens with one attached hydrogen (secondary N) is 2. The maximum absolute atomic E-state index is 15.2. The van der Waals surface area contributed by atoms with Gasteiger partial charge in [-0.05, 0) is 30.3 Å². The summed E-state index contributed by atoms with van der Waals surface area (Å²) < 4.78 is 25.8. The van der Waals surface area contributed by atoms with Gasteiger partial charge in [0.1, 0.15) is 6.61 Å². The first-order chi connectivity index (χ1) is 19.4. The van der Waals surface area contributed by atoms with Crippen molar-refractivity contribution in [1.29, 1.82) is 0 Å². The number of carbonyl (C=O) groups is 2. The van der Waals surface area contributed by atoms with Crippen molar-refractivity contribution >= 4 is 46.3 Å². The van der Waals surface area contributed by atoms with Gasteiger partial charge in [-0.2, -0.15) is 0 Å². The van der Waals surface area contributed by atoms with Crippen LogP contribution in [0.4, 0.5) is 20.8 Å². The van der Waals surface area contributed by atoms with E-state index < -0.39 is 23.5 Å². The van der Waals surface area contributed by atoms with Crippen LogP contribution in [0.1, 0.15) is 21.5 Å². The van der Waals surface area contributed by atoms with Crippen LogP contribution in [0.3, 0.4) is 0 Å². The molecule has 206 valence electrons. The number of aromatic amines is 1. The second-order valence-corrected chi connectivity index (χ2v) is 9.87. The van der Waals surface area contributed by atoms with Crippen molar-refractivity contribution in [3.63, 3.8) is 0 Å². The molecule has 0 saturated carbocycles. The van der Waals surface area contributed by atoms with E-state index in [1.165, 1.54) is 18.2 Å². The standard InChI is InChI=1S/C28H25ClFN5O5/c29-20-6-3-7-23(24(20)30)35-25(36)18-4-1-2-5-19(18)28(35,38)17-8-9-21-22(16-17)32-26(31-21)33-27(37)40-15-12-34-10-13-39-14-11-34/h1-9,16,38H,10-15H2,(H2,31,32,33,37). The predicted molar refractivity (Wildman–Crippen MR) is 146 cm³/mol. The van der Waals surface area contributed by atoms with E-state index in [9.17, 15) is 14.7 Å². The number of nitrogens with zero attached hydrogens (tertiary/aromatic N) is 3. The second kappa shape index (κ2) is 10.5. The summed E-state index contributed by atoms with van der Waals surface area (Å²) in [5.74, 6) is -1.26. The molecule has 2 amide bonds. The Hall–Kier alpha value is -4.03. The lowest BCUT2D eigenvalue weighted by Crippen LogP contribution is -2.45. The number of amides is 2. The summed E-state index contributed by atoms with van der Waals surface area (Å²) in [6.07, 6.45) is -0.663. The normalized spacial score (nSPS) is 19.2. The van der Waals surface area contributed by atoms with Gasteiger partial charge in [-0.1, -0.05) is 41.9 Å². The highest BCUT2D eigenvalue weighted by atomic mass is 35.5. The van der Waals surface area contributed by atoms with Gasteiger partial charge in [-0.3, -0.25) is 19.9 Å². The maximum atomic E-state index is 15.2. The molecule has 3 N–H and O–H groups in total. The number of aliphatic hydroxyl groups is 1. The fraction of sp³-hybridized carbons (Fsp3) is 0.250. The van der Waals surface area contributed by atoms with Crippen LogP contribution in [0.25, 0.3) is 11.0 Å². The minimum atomic E-state index is -2.05. The van der Waals surface area contributed by atoms with E-state index in [1.807, 2.05) is 0 Å². The Morgan fingerprint density at radius 2 is 1.98 bits per heavy atom. The van der Waals surface area contributed by atoms with Gasteiger partial charge in [-0.25, -0.2) is 14.2 Å². The summed E-state index contributed by atoms with van der Waals surface area (Å²) in [5, 5.41) is 14.6. The second-order valence-electron chi connectivity index (χ2n) is 9.46. The van der Waals surface area contributed by atoms with Crippen molar-refractivity contribution in [3.05, 3.63) is 88.2 Å². The van der Waals surface area contributed by atoms with E-state index >= 15 is 4.39 Å². The van der Waals surface area contributed by atoms with Gasteiger partial charge in [-0.15, -0.1) is 0 Å². The van der Waals surface area contributed by atoms with Crippen LogP contribution in [0.2, 0.25) is 5.02 Å². The molecule has 40 heavy (non-hydrogen) atoms. The monoisotopic (exact) mass is 565 g/mol. The Morgan fingerprint density at radius 1 is 1.18 bits per heavy atom. The van der Waals surface area contributed by atoms with Crippen LogP contribution in [0.15, 0.2) is 60.7 Å². The quantitative estimate of drug-likeness (QED) is 0.322. The minimum Gasteiger partial charge on any atom is -0.448 e. The Balaban J connectivity index is 1.28. The third kappa shape index (κ3) is 4.56. The molecular weight excluding hydrogens is 541 g/mol. The zero-order chi connectivity index (χ0) is 27.9. The molecular formula is C28H25ClFN5O5. The number of rotatable bonds is 6. The summed E-state index contributed by atoms with van der Waals surface area (Å²) in [7, 11) is 0. The molecule has 2 aliphatic rings. The molecule has 3 heterocycles. The zero-order valence-corrected chi connectivity index (χ0v) is 21.9. The average molecular weight is 566 g/mol. The molecule has 0 bridgehead atoms. The minimum absolute atomic E-state index is 0.149. The van der Waals surface area contributed by atoms with E-state index in [2.05, 4.69) is 20.2 Å². The van der Waals surface area contributed by atoms with Crippen molar-refractivity contribution in [2.75, 3.05) is 49.7 Å². The maximum Gasteiger partial charge on any atom is 0.414 e. The van der Waals surface area contributed by atoms with Crippen molar-refractivity contribution in [2.45, 2.75) is 5.72 Å². The number of hydrogen-bond donors (Lipinski definition) is 3. The molecule has 0 spiro atoms. The molecule has 0 aliphatic carbocycles. The van der Waals surface area contributed by atoms with Crippen molar-refractivity contribution in [2.24, 2.45) is 0 Å². The lowest BCUT2D eigenvalue weighted by molar-refractivity contribution is 0.0290. The van der Waals surface area contributed by atoms with E-state index in [0.717, 1.165) is 18.0 Å². The topological polar surface area (TPSA) is 120 Å². The molecule has 1 unspecified atom stereocenters. The number of aromatic nitrogens is 2. The Labute approximate surface area is 233 Å². The summed E-state index contributed by atoms with van der Waals surface area (Å²) >= 11 is 6.02. The highest BCUT2D eigenvalue weighted by Gasteiger charge is 2.51. The zero-order valence-electron chi connectivity index (χ0n) is 21.2.